The SMILES string of the molecule is CC(=S)OC(F)(F)F. The molecule has 0 N–H and O–H groups in total. The van der Waals surface area contributed by atoms with Crippen molar-refractivity contribution in [3.8, 4) is 0 Å². The molecule has 0 radical (unpaired) electrons. The zero-order chi connectivity index (χ0) is 6.78. The second kappa shape index (κ2) is 2.30. The third kappa shape index (κ3) is 5.68. The predicted octanol–water partition coefficient (Wildman–Crippen LogP) is 1.87. The van der Waals surface area contributed by atoms with Gasteiger partial charge in [-0.05, 0) is 12.2 Å². The molecule has 0 aliphatic heterocycles. The van der Waals surface area contributed by atoms with Crippen molar-refractivity contribution in [1.82, 2.24) is 0 Å². The molecular formula is C3H3F3OS. The smallest absolute Gasteiger partial charge is 0.399 e. The van der Waals surface area contributed by atoms with Crippen LogP contribution < -0.4 is 0 Å². The highest BCUT2D eigenvalue weighted by atomic mass is 32.1. The van der Waals surface area contributed by atoms with Gasteiger partial charge in [0.2, 0.25) is 0 Å². The number of thiocarbonyl (C=S) groups is 1. The van der Waals surface area contributed by atoms with Crippen molar-refractivity contribution >= 4 is 17.3 Å². The molecule has 0 aromatic carbocycles. The van der Waals surface area contributed by atoms with Gasteiger partial charge in [0, 0.05) is 6.92 Å². The average Bonchev–Trinajstić information content (AvgIpc) is 1.21. The molecule has 0 aromatic rings. The Hall–Kier alpha value is -0.320. The lowest BCUT2D eigenvalue weighted by Crippen LogP contribution is -2.15. The van der Waals surface area contributed by atoms with E-state index >= 15 is 0 Å². The van der Waals surface area contributed by atoms with E-state index in [2.05, 4.69) is 17.0 Å². The number of rotatable bonds is 0. The summed E-state index contributed by atoms with van der Waals surface area (Å²) in [5, 5.41) is -0.516. The molecule has 0 fully saturated rings. The summed E-state index contributed by atoms with van der Waals surface area (Å²) < 4.78 is 36.2. The Balaban J connectivity index is 3.55. The molecule has 0 aliphatic rings. The first-order valence-corrected chi connectivity index (χ1v) is 2.09. The Bertz CT molecular complexity index is 97.2. The van der Waals surface area contributed by atoms with E-state index in [1.54, 1.807) is 0 Å². The molecule has 0 unspecified atom stereocenters. The van der Waals surface area contributed by atoms with Crippen molar-refractivity contribution in [3.63, 3.8) is 0 Å². The van der Waals surface area contributed by atoms with Crippen LogP contribution in [-0.4, -0.2) is 11.4 Å². The Labute approximate surface area is 49.4 Å². The minimum absolute atomic E-state index is 0.516. The highest BCUT2D eigenvalue weighted by Gasteiger charge is 2.30. The summed E-state index contributed by atoms with van der Waals surface area (Å²) >= 11 is 4.00. The largest absolute Gasteiger partial charge is 0.573 e. The van der Waals surface area contributed by atoms with Crippen LogP contribution in [-0.2, 0) is 4.74 Å². The molecule has 0 saturated carbocycles. The van der Waals surface area contributed by atoms with Crippen LogP contribution in [0.1, 0.15) is 6.92 Å². The number of ether oxygens (including phenoxy) is 1. The van der Waals surface area contributed by atoms with Crippen molar-refractivity contribution in [1.29, 1.82) is 0 Å². The monoisotopic (exact) mass is 144 g/mol. The number of hydrogen-bond acceptors (Lipinski definition) is 2. The molecule has 0 rings (SSSR count). The number of alkyl halides is 3. The van der Waals surface area contributed by atoms with Crippen LogP contribution in [0.5, 0.6) is 0 Å². The van der Waals surface area contributed by atoms with Gasteiger partial charge in [-0.25, -0.2) is 0 Å². The molecular weight excluding hydrogens is 141 g/mol. The van der Waals surface area contributed by atoms with E-state index in [9.17, 15) is 13.2 Å². The standard InChI is InChI=1S/C3H3F3OS/c1-2(8)7-3(4,5)6/h1H3. The van der Waals surface area contributed by atoms with Crippen LogP contribution >= 0.6 is 12.2 Å². The van der Waals surface area contributed by atoms with E-state index in [1.807, 2.05) is 0 Å². The highest BCUT2D eigenvalue weighted by molar-refractivity contribution is 7.80. The van der Waals surface area contributed by atoms with Gasteiger partial charge in [-0.15, -0.1) is 13.2 Å². The van der Waals surface area contributed by atoms with E-state index in [0.717, 1.165) is 6.92 Å². The fourth-order valence-electron chi connectivity index (χ4n) is 0.163. The van der Waals surface area contributed by atoms with Crippen molar-refractivity contribution in [3.05, 3.63) is 0 Å². The van der Waals surface area contributed by atoms with Crippen LogP contribution in [0.2, 0.25) is 0 Å². The third-order valence-electron chi connectivity index (χ3n) is 0.259. The molecule has 0 atom stereocenters. The fraction of sp³-hybridized carbons (Fsp3) is 0.667. The zero-order valence-corrected chi connectivity index (χ0v) is 4.77. The van der Waals surface area contributed by atoms with E-state index in [-0.39, 0.29) is 0 Å². The lowest BCUT2D eigenvalue weighted by molar-refractivity contribution is -0.282. The van der Waals surface area contributed by atoms with Gasteiger partial charge >= 0.3 is 6.36 Å². The minimum Gasteiger partial charge on any atom is -0.399 e. The Morgan fingerprint density at radius 1 is 1.50 bits per heavy atom. The molecule has 0 spiro atoms. The normalized spacial score (nSPS) is 11.0. The van der Waals surface area contributed by atoms with Gasteiger partial charge in [-0.1, -0.05) is 0 Å². The molecule has 0 saturated heterocycles. The first kappa shape index (κ1) is 7.68. The Morgan fingerprint density at radius 3 is 1.88 bits per heavy atom. The number of hydrogen-bond donors (Lipinski definition) is 0. The summed E-state index contributed by atoms with van der Waals surface area (Å²) in [7, 11) is 0. The first-order chi connectivity index (χ1) is 3.42. The van der Waals surface area contributed by atoms with Gasteiger partial charge in [0.25, 0.3) is 0 Å². The average molecular weight is 144 g/mol. The van der Waals surface area contributed by atoms with E-state index in [0.29, 0.717) is 0 Å². The fourth-order valence-corrected chi connectivity index (χ4v) is 0.257. The molecule has 0 aliphatic carbocycles. The van der Waals surface area contributed by atoms with Crippen molar-refractivity contribution in [2.24, 2.45) is 0 Å². The summed E-state index contributed by atoms with van der Waals surface area (Å²) in [6.45, 7) is 1.06. The van der Waals surface area contributed by atoms with Gasteiger partial charge in [0.15, 0.2) is 5.05 Å². The lowest BCUT2D eigenvalue weighted by Gasteiger charge is -2.04. The lowest BCUT2D eigenvalue weighted by atomic mass is 10.9. The van der Waals surface area contributed by atoms with Crippen LogP contribution in [0, 0.1) is 0 Å². The molecule has 48 valence electrons. The molecule has 1 nitrogen and oxygen atoms in total. The first-order valence-electron chi connectivity index (χ1n) is 1.68. The summed E-state index contributed by atoms with van der Waals surface area (Å²) in [6.07, 6.45) is -4.62. The molecule has 5 heteroatoms. The maximum absolute atomic E-state index is 11.0. The van der Waals surface area contributed by atoms with Crippen molar-refractivity contribution < 1.29 is 17.9 Å². The summed E-state index contributed by atoms with van der Waals surface area (Å²) in [5.41, 5.74) is 0. The Kier molecular flexibility index (Phi) is 2.21. The van der Waals surface area contributed by atoms with Crippen molar-refractivity contribution in [2.45, 2.75) is 13.3 Å². The van der Waals surface area contributed by atoms with Gasteiger partial charge < -0.3 is 4.74 Å². The van der Waals surface area contributed by atoms with Crippen LogP contribution in [0.15, 0.2) is 0 Å². The second-order valence-corrected chi connectivity index (χ2v) is 1.61. The third-order valence-corrected chi connectivity index (χ3v) is 0.343. The van der Waals surface area contributed by atoms with E-state index < -0.39 is 11.4 Å². The quantitative estimate of drug-likeness (QED) is 0.480. The van der Waals surface area contributed by atoms with E-state index in [4.69, 9.17) is 0 Å². The van der Waals surface area contributed by atoms with Gasteiger partial charge in [-0.2, -0.15) is 0 Å². The second-order valence-electron chi connectivity index (χ2n) is 1.04. The minimum atomic E-state index is -4.62. The molecule has 8 heavy (non-hydrogen) atoms. The zero-order valence-electron chi connectivity index (χ0n) is 3.95. The van der Waals surface area contributed by atoms with Gasteiger partial charge in [-0.3, -0.25) is 0 Å². The molecule has 0 heterocycles. The maximum Gasteiger partial charge on any atom is 0.573 e. The Morgan fingerprint density at radius 2 is 1.88 bits per heavy atom. The maximum atomic E-state index is 11.0. The van der Waals surface area contributed by atoms with Crippen molar-refractivity contribution in [2.75, 3.05) is 0 Å². The van der Waals surface area contributed by atoms with E-state index in [1.165, 1.54) is 0 Å². The van der Waals surface area contributed by atoms with Crippen LogP contribution in [0.3, 0.4) is 0 Å². The van der Waals surface area contributed by atoms with Crippen LogP contribution in [0.4, 0.5) is 13.2 Å². The topological polar surface area (TPSA) is 9.23 Å². The molecule has 0 amide bonds. The highest BCUT2D eigenvalue weighted by Crippen LogP contribution is 2.16. The van der Waals surface area contributed by atoms with Crippen LogP contribution in [0.25, 0.3) is 0 Å². The summed E-state index contributed by atoms with van der Waals surface area (Å²) in [5.74, 6) is 0. The van der Waals surface area contributed by atoms with Gasteiger partial charge in [0.05, 0.1) is 0 Å². The predicted molar refractivity (Wildman–Crippen MR) is 25.4 cm³/mol. The summed E-state index contributed by atoms with van der Waals surface area (Å²) in [4.78, 5) is 0. The summed E-state index contributed by atoms with van der Waals surface area (Å²) in [6, 6.07) is 0. The number of halogens is 3. The molecule has 0 bridgehead atoms. The molecule has 0 aromatic heterocycles. The van der Waals surface area contributed by atoms with Gasteiger partial charge in [0.1, 0.15) is 0 Å².